The molecule has 0 saturated heterocycles. The lowest BCUT2D eigenvalue weighted by molar-refractivity contribution is -0.144. The normalized spacial score (nSPS) is 23.2. The van der Waals surface area contributed by atoms with Gasteiger partial charge in [-0.15, -0.1) is 11.8 Å². The number of nitrogens with one attached hydrogen (secondary N) is 1. The number of hydrogen-bond acceptors (Lipinski definition) is 6. The molecule has 0 spiro atoms. The molecule has 1 heterocycles. The average Bonchev–Trinajstić information content (AvgIpc) is 2.61. The number of carbonyl (C=O) groups excluding carboxylic acids is 1. The Balaban J connectivity index is 1.89. The zero-order valence-corrected chi connectivity index (χ0v) is 16.6. The fraction of sp³-hybridized carbons (Fsp3) is 0.500. The molecule has 1 unspecified atom stereocenters. The second kappa shape index (κ2) is 7.74. The molecule has 1 aliphatic heterocycles. The molecule has 140 valence electrons. The Labute approximate surface area is 159 Å². The third-order valence-electron chi connectivity index (χ3n) is 4.49. The third kappa shape index (κ3) is 4.23. The first-order valence-electron chi connectivity index (χ1n) is 8.93. The minimum atomic E-state index is -0.283. The van der Waals surface area contributed by atoms with Crippen LogP contribution in [0.1, 0.15) is 33.6 Å². The number of methoxy groups -OCH3 is 1. The van der Waals surface area contributed by atoms with Gasteiger partial charge < -0.3 is 14.8 Å². The van der Waals surface area contributed by atoms with Gasteiger partial charge in [0.05, 0.1) is 25.1 Å². The number of benzene rings is 1. The van der Waals surface area contributed by atoms with Crippen molar-refractivity contribution < 1.29 is 14.3 Å². The van der Waals surface area contributed by atoms with E-state index in [0.717, 1.165) is 35.7 Å². The van der Waals surface area contributed by atoms with Gasteiger partial charge in [0.2, 0.25) is 0 Å². The number of ether oxygens (including phenoxy) is 2. The first-order chi connectivity index (χ1) is 12.4. The summed E-state index contributed by atoms with van der Waals surface area (Å²) in [6.45, 7) is 6.71. The van der Waals surface area contributed by atoms with Crippen molar-refractivity contribution >= 4 is 29.1 Å². The van der Waals surface area contributed by atoms with Gasteiger partial charge in [-0.3, -0.25) is 4.99 Å². The van der Waals surface area contributed by atoms with Crippen LogP contribution in [-0.4, -0.2) is 37.2 Å². The SMILES string of the molecule is CCOC(=O)C1CSC2=C(CC(C)(C)C/C2=N\c2ccc(OC)cc2)N1. The summed E-state index contributed by atoms with van der Waals surface area (Å²) in [5, 5.41) is 3.41. The molecule has 0 amide bonds. The van der Waals surface area contributed by atoms with Crippen LogP contribution in [-0.2, 0) is 9.53 Å². The average molecular weight is 375 g/mol. The number of carbonyl (C=O) groups is 1. The van der Waals surface area contributed by atoms with Crippen LogP contribution in [0.5, 0.6) is 5.75 Å². The molecule has 1 N–H and O–H groups in total. The molecule has 1 aromatic carbocycles. The van der Waals surface area contributed by atoms with E-state index < -0.39 is 0 Å². The Morgan fingerprint density at radius 3 is 2.69 bits per heavy atom. The van der Waals surface area contributed by atoms with Gasteiger partial charge in [-0.2, -0.15) is 0 Å². The van der Waals surface area contributed by atoms with Crippen LogP contribution in [0, 0.1) is 5.41 Å². The molecule has 0 radical (unpaired) electrons. The van der Waals surface area contributed by atoms with Gasteiger partial charge >= 0.3 is 5.97 Å². The summed E-state index contributed by atoms with van der Waals surface area (Å²) in [6, 6.07) is 7.50. The largest absolute Gasteiger partial charge is 0.497 e. The maximum absolute atomic E-state index is 12.1. The summed E-state index contributed by atoms with van der Waals surface area (Å²) in [4.78, 5) is 18.2. The Hall–Kier alpha value is -1.95. The third-order valence-corrected chi connectivity index (χ3v) is 5.76. The standard InChI is InChI=1S/C20H26N2O3S/c1-5-25-19(23)17-12-26-18-15(10-20(2,3)11-16(18)22-17)21-13-6-8-14(24-4)9-7-13/h6-9,17,22H,5,10-12H2,1-4H3/b21-15+. The number of aliphatic imine (C=N–C) groups is 1. The first kappa shape index (κ1) is 18.8. The van der Waals surface area contributed by atoms with Crippen molar-refractivity contribution in [3.63, 3.8) is 0 Å². The number of thioether (sulfide) groups is 1. The second-order valence-corrected chi connectivity index (χ2v) is 8.37. The fourth-order valence-corrected chi connectivity index (χ4v) is 4.45. The van der Waals surface area contributed by atoms with Crippen molar-refractivity contribution in [1.29, 1.82) is 0 Å². The molecule has 0 saturated carbocycles. The van der Waals surface area contributed by atoms with Crippen molar-refractivity contribution in [3.8, 4) is 5.75 Å². The van der Waals surface area contributed by atoms with Crippen LogP contribution in [0.2, 0.25) is 0 Å². The van der Waals surface area contributed by atoms with E-state index in [1.54, 1.807) is 18.9 Å². The summed E-state index contributed by atoms with van der Waals surface area (Å²) in [6.07, 6.45) is 1.82. The number of allylic oxidation sites excluding steroid dienone is 2. The predicted octanol–water partition coefficient (Wildman–Crippen LogP) is 4.07. The number of esters is 1. The van der Waals surface area contributed by atoms with E-state index in [1.165, 1.54) is 4.91 Å². The van der Waals surface area contributed by atoms with Crippen LogP contribution in [0.25, 0.3) is 0 Å². The zero-order chi connectivity index (χ0) is 18.7. The Morgan fingerprint density at radius 2 is 2.04 bits per heavy atom. The van der Waals surface area contributed by atoms with Gasteiger partial charge in [0, 0.05) is 16.4 Å². The first-order valence-corrected chi connectivity index (χ1v) is 9.91. The molecule has 5 nitrogen and oxygen atoms in total. The van der Waals surface area contributed by atoms with E-state index >= 15 is 0 Å². The van der Waals surface area contributed by atoms with Crippen LogP contribution in [0.3, 0.4) is 0 Å². The number of nitrogens with zero attached hydrogens (tertiary/aromatic N) is 1. The quantitative estimate of drug-likeness (QED) is 0.805. The summed E-state index contributed by atoms with van der Waals surface area (Å²) in [7, 11) is 1.66. The molecule has 3 rings (SSSR count). The van der Waals surface area contributed by atoms with Crippen LogP contribution in [0.4, 0.5) is 5.69 Å². The van der Waals surface area contributed by atoms with Crippen LogP contribution in [0.15, 0.2) is 39.9 Å². The minimum absolute atomic E-state index is 0.0915. The summed E-state index contributed by atoms with van der Waals surface area (Å²) < 4.78 is 10.4. The topological polar surface area (TPSA) is 59.9 Å². The Kier molecular flexibility index (Phi) is 5.61. The lowest BCUT2D eigenvalue weighted by atomic mass is 9.78. The van der Waals surface area contributed by atoms with Gasteiger partial charge in [-0.1, -0.05) is 13.8 Å². The summed E-state index contributed by atoms with van der Waals surface area (Å²) >= 11 is 1.71. The van der Waals surface area contributed by atoms with E-state index in [9.17, 15) is 4.79 Å². The molecule has 0 aromatic heterocycles. The van der Waals surface area contributed by atoms with Crippen molar-refractivity contribution in [3.05, 3.63) is 34.9 Å². The monoisotopic (exact) mass is 374 g/mol. The zero-order valence-electron chi connectivity index (χ0n) is 15.8. The van der Waals surface area contributed by atoms with E-state index in [1.807, 2.05) is 31.2 Å². The molecule has 2 aliphatic rings. The molecular formula is C20H26N2O3S. The predicted molar refractivity (Wildman–Crippen MR) is 106 cm³/mol. The second-order valence-electron chi connectivity index (χ2n) is 7.34. The van der Waals surface area contributed by atoms with E-state index in [-0.39, 0.29) is 17.4 Å². The smallest absolute Gasteiger partial charge is 0.329 e. The van der Waals surface area contributed by atoms with Crippen molar-refractivity contribution in [2.24, 2.45) is 10.4 Å². The molecule has 0 fully saturated rings. The highest BCUT2D eigenvalue weighted by atomic mass is 32.2. The van der Waals surface area contributed by atoms with Crippen molar-refractivity contribution in [2.75, 3.05) is 19.5 Å². The maximum Gasteiger partial charge on any atom is 0.329 e. The number of hydrogen-bond donors (Lipinski definition) is 1. The summed E-state index contributed by atoms with van der Waals surface area (Å²) in [5.74, 6) is 1.31. The van der Waals surface area contributed by atoms with Gasteiger partial charge in [0.1, 0.15) is 11.8 Å². The van der Waals surface area contributed by atoms with E-state index in [2.05, 4.69) is 19.2 Å². The minimum Gasteiger partial charge on any atom is -0.497 e. The van der Waals surface area contributed by atoms with Crippen molar-refractivity contribution in [2.45, 2.75) is 39.7 Å². The molecule has 1 atom stereocenters. The Morgan fingerprint density at radius 1 is 1.31 bits per heavy atom. The maximum atomic E-state index is 12.1. The van der Waals surface area contributed by atoms with Crippen molar-refractivity contribution in [1.82, 2.24) is 5.32 Å². The highest BCUT2D eigenvalue weighted by molar-refractivity contribution is 8.04. The molecular weight excluding hydrogens is 348 g/mol. The molecule has 1 aliphatic carbocycles. The highest BCUT2D eigenvalue weighted by Gasteiger charge is 2.37. The van der Waals surface area contributed by atoms with Gasteiger partial charge in [0.15, 0.2) is 0 Å². The number of rotatable bonds is 4. The highest BCUT2D eigenvalue weighted by Crippen LogP contribution is 2.43. The van der Waals surface area contributed by atoms with E-state index in [0.29, 0.717) is 12.4 Å². The molecule has 0 bridgehead atoms. The van der Waals surface area contributed by atoms with Gasteiger partial charge in [-0.25, -0.2) is 4.79 Å². The van der Waals surface area contributed by atoms with Crippen LogP contribution >= 0.6 is 11.8 Å². The lowest BCUT2D eigenvalue weighted by Gasteiger charge is -2.38. The van der Waals surface area contributed by atoms with E-state index in [4.69, 9.17) is 14.5 Å². The molecule has 26 heavy (non-hydrogen) atoms. The summed E-state index contributed by atoms with van der Waals surface area (Å²) in [5.41, 5.74) is 3.20. The molecule has 6 heteroatoms. The lowest BCUT2D eigenvalue weighted by Crippen LogP contribution is -2.45. The van der Waals surface area contributed by atoms with Gasteiger partial charge in [0.25, 0.3) is 0 Å². The van der Waals surface area contributed by atoms with Crippen LogP contribution < -0.4 is 10.1 Å². The molecule has 1 aromatic rings. The Bertz CT molecular complexity index is 738. The fourth-order valence-electron chi connectivity index (χ4n) is 3.31. The van der Waals surface area contributed by atoms with Gasteiger partial charge in [-0.05, 0) is 49.4 Å².